The molecular formula is C50H38O2P2. The van der Waals surface area contributed by atoms with Crippen LogP contribution in [0, 0.1) is 0 Å². The second-order valence-electron chi connectivity index (χ2n) is 13.1. The number of rotatable bonds is 10. The first-order valence-corrected chi connectivity index (χ1v) is 21.5. The topological polar surface area (TPSA) is 34.1 Å². The van der Waals surface area contributed by atoms with Gasteiger partial charge >= 0.3 is 0 Å². The minimum absolute atomic E-state index is 0.777. The highest BCUT2D eigenvalue weighted by Crippen LogP contribution is 2.45. The van der Waals surface area contributed by atoms with Gasteiger partial charge in [-0.3, -0.25) is 0 Å². The molecule has 0 heterocycles. The van der Waals surface area contributed by atoms with Gasteiger partial charge in [0.15, 0.2) is 14.3 Å². The monoisotopic (exact) mass is 732 g/mol. The fraction of sp³-hybridized carbons (Fsp3) is 0. The first kappa shape index (κ1) is 35.0. The molecule has 0 saturated carbocycles. The maximum Gasteiger partial charge on any atom is 0.171 e. The van der Waals surface area contributed by atoms with Crippen molar-refractivity contribution in [3.05, 3.63) is 253 Å². The van der Waals surface area contributed by atoms with Gasteiger partial charge in [0, 0.05) is 31.8 Å². The van der Waals surface area contributed by atoms with Crippen molar-refractivity contribution < 1.29 is 9.13 Å². The Morgan fingerprint density at radius 2 is 0.407 bits per heavy atom. The second-order valence-corrected chi connectivity index (χ2v) is 18.7. The van der Waals surface area contributed by atoms with Crippen molar-refractivity contribution >= 4 is 57.3 Å². The summed E-state index contributed by atoms with van der Waals surface area (Å²) < 4.78 is 30.5. The minimum Gasteiger partial charge on any atom is -0.309 e. The fourth-order valence-corrected chi connectivity index (χ4v) is 12.5. The molecule has 0 saturated heterocycles. The van der Waals surface area contributed by atoms with Gasteiger partial charge in [-0.2, -0.15) is 0 Å². The molecular weight excluding hydrogens is 694 g/mol. The van der Waals surface area contributed by atoms with E-state index >= 15 is 9.13 Å². The third kappa shape index (κ3) is 6.68. The minimum atomic E-state index is -3.15. The summed E-state index contributed by atoms with van der Waals surface area (Å²) in [6, 6.07) is 76.5. The Bertz CT molecular complexity index is 2320. The van der Waals surface area contributed by atoms with Crippen molar-refractivity contribution in [1.29, 1.82) is 0 Å². The normalized spacial score (nSPS) is 12.1. The molecule has 0 aliphatic carbocycles. The van der Waals surface area contributed by atoms with E-state index in [4.69, 9.17) is 0 Å². The Labute approximate surface area is 317 Å². The molecule has 0 amide bonds. The molecule has 0 radical (unpaired) electrons. The summed E-state index contributed by atoms with van der Waals surface area (Å²) in [4.78, 5) is 0. The van der Waals surface area contributed by atoms with Crippen LogP contribution in [0.15, 0.2) is 231 Å². The molecule has 2 nitrogen and oxygen atoms in total. The number of benzene rings is 8. The quantitative estimate of drug-likeness (QED) is 0.104. The molecule has 0 atom stereocenters. The van der Waals surface area contributed by atoms with Gasteiger partial charge in [-0.25, -0.2) is 0 Å². The van der Waals surface area contributed by atoms with E-state index in [1.807, 2.05) is 158 Å². The molecule has 0 bridgehead atoms. The summed E-state index contributed by atoms with van der Waals surface area (Å²) in [5, 5.41) is 4.76. The van der Waals surface area contributed by atoms with Crippen LogP contribution in [0.25, 0.3) is 11.1 Å². The Kier molecular flexibility index (Phi) is 10.1. The summed E-state index contributed by atoms with van der Waals surface area (Å²) >= 11 is 0. The molecule has 0 spiro atoms. The maximum absolute atomic E-state index is 15.2. The summed E-state index contributed by atoms with van der Waals surface area (Å²) in [6.45, 7) is 0. The zero-order chi connectivity index (χ0) is 36.8. The molecule has 0 aliphatic rings. The largest absolute Gasteiger partial charge is 0.309 e. The van der Waals surface area contributed by atoms with E-state index in [2.05, 4.69) is 72.8 Å². The Hall–Kier alpha value is -6.04. The highest BCUT2D eigenvalue weighted by atomic mass is 31.2. The number of hydrogen-bond acceptors (Lipinski definition) is 2. The molecule has 0 fully saturated rings. The molecule has 0 aromatic heterocycles. The average molecular weight is 733 g/mol. The SMILES string of the molecule is O=P(c1ccccc1)(c1ccccc1)c1ccc(/C(=C(\c2ccccc2)c2ccc(P(=O)(c3ccccc3)c3ccccc3)cc2)c2ccccc2)cc1. The first-order chi connectivity index (χ1) is 26.6. The second kappa shape index (κ2) is 15.5. The third-order valence-electron chi connectivity index (χ3n) is 9.89. The Morgan fingerprint density at radius 1 is 0.222 bits per heavy atom. The lowest BCUT2D eigenvalue weighted by Gasteiger charge is -2.22. The summed E-state index contributed by atoms with van der Waals surface area (Å²) in [5.41, 5.74) is 6.21. The van der Waals surface area contributed by atoms with Gasteiger partial charge in [0.25, 0.3) is 0 Å². The zero-order valence-electron chi connectivity index (χ0n) is 29.7. The van der Waals surface area contributed by atoms with Crippen molar-refractivity contribution in [2.24, 2.45) is 0 Å². The van der Waals surface area contributed by atoms with E-state index < -0.39 is 14.3 Å². The highest BCUT2D eigenvalue weighted by molar-refractivity contribution is 7.85. The summed E-state index contributed by atoms with van der Waals surface area (Å²) in [6.07, 6.45) is 0. The molecule has 54 heavy (non-hydrogen) atoms. The molecule has 0 unspecified atom stereocenters. The van der Waals surface area contributed by atoms with Gasteiger partial charge in [0.2, 0.25) is 0 Å². The van der Waals surface area contributed by atoms with E-state index in [0.717, 1.165) is 65.2 Å². The van der Waals surface area contributed by atoms with Crippen LogP contribution in [0.4, 0.5) is 0 Å². The van der Waals surface area contributed by atoms with Crippen LogP contribution in [-0.2, 0) is 9.13 Å². The van der Waals surface area contributed by atoms with Crippen LogP contribution in [0.5, 0.6) is 0 Å². The summed E-state index contributed by atoms with van der Waals surface area (Å²) in [5.74, 6) is 0. The van der Waals surface area contributed by atoms with Crippen LogP contribution < -0.4 is 31.8 Å². The van der Waals surface area contributed by atoms with E-state index in [0.29, 0.717) is 0 Å². The number of hydrogen-bond donors (Lipinski definition) is 0. The zero-order valence-corrected chi connectivity index (χ0v) is 31.4. The van der Waals surface area contributed by atoms with Gasteiger partial charge in [-0.1, -0.05) is 231 Å². The fourth-order valence-electron chi connectivity index (χ4n) is 7.24. The van der Waals surface area contributed by atoms with Crippen molar-refractivity contribution in [2.45, 2.75) is 0 Å². The van der Waals surface area contributed by atoms with Crippen molar-refractivity contribution in [3.63, 3.8) is 0 Å². The van der Waals surface area contributed by atoms with Crippen molar-refractivity contribution in [3.8, 4) is 0 Å². The van der Waals surface area contributed by atoms with E-state index in [9.17, 15) is 0 Å². The Morgan fingerprint density at radius 3 is 0.648 bits per heavy atom. The highest BCUT2D eigenvalue weighted by Gasteiger charge is 2.31. The molecule has 4 heteroatoms. The first-order valence-electron chi connectivity index (χ1n) is 18.1. The van der Waals surface area contributed by atoms with Crippen LogP contribution >= 0.6 is 14.3 Å². The predicted molar refractivity (Wildman–Crippen MR) is 230 cm³/mol. The van der Waals surface area contributed by atoms with E-state index in [1.165, 1.54) is 0 Å². The predicted octanol–water partition coefficient (Wildman–Crippen LogP) is 9.97. The Balaban J connectivity index is 1.32. The van der Waals surface area contributed by atoms with E-state index in [-0.39, 0.29) is 0 Å². The van der Waals surface area contributed by atoms with Gasteiger partial charge in [-0.05, 0) is 33.4 Å². The van der Waals surface area contributed by atoms with Gasteiger partial charge in [-0.15, -0.1) is 0 Å². The maximum atomic E-state index is 15.2. The average Bonchev–Trinajstić information content (AvgIpc) is 3.27. The van der Waals surface area contributed by atoms with Crippen LogP contribution in [0.3, 0.4) is 0 Å². The molecule has 8 rings (SSSR count). The lowest BCUT2D eigenvalue weighted by atomic mass is 9.86. The van der Waals surface area contributed by atoms with Crippen LogP contribution in [0.1, 0.15) is 22.3 Å². The van der Waals surface area contributed by atoms with Crippen molar-refractivity contribution in [2.75, 3.05) is 0 Å². The standard InChI is InChI=1S/C50H38O2P2/c51-53(43-23-11-3-12-24-43,44-25-13-4-14-26-44)47-35-31-41(32-36-47)49(39-19-7-1-8-20-39)50(40-21-9-2-10-22-40)42-33-37-48(38-34-42)54(52,45-27-15-5-16-28-45)46-29-17-6-18-30-46/h1-38H/b50-49+. The molecule has 0 N–H and O–H groups in total. The van der Waals surface area contributed by atoms with Gasteiger partial charge in [0.05, 0.1) is 0 Å². The summed E-state index contributed by atoms with van der Waals surface area (Å²) in [7, 11) is -6.31. The molecule has 8 aromatic rings. The third-order valence-corrected chi connectivity index (χ3v) is 16.0. The van der Waals surface area contributed by atoms with Crippen LogP contribution in [0.2, 0.25) is 0 Å². The molecule has 260 valence electrons. The van der Waals surface area contributed by atoms with Gasteiger partial charge < -0.3 is 9.13 Å². The van der Waals surface area contributed by atoms with E-state index in [1.54, 1.807) is 0 Å². The molecule has 8 aromatic carbocycles. The van der Waals surface area contributed by atoms with Crippen LogP contribution in [-0.4, -0.2) is 0 Å². The van der Waals surface area contributed by atoms with Gasteiger partial charge in [0.1, 0.15) is 0 Å². The lowest BCUT2D eigenvalue weighted by molar-refractivity contribution is 0.591. The lowest BCUT2D eigenvalue weighted by Crippen LogP contribution is -2.25. The molecule has 0 aliphatic heterocycles. The smallest absolute Gasteiger partial charge is 0.171 e. The van der Waals surface area contributed by atoms with Crippen molar-refractivity contribution in [1.82, 2.24) is 0 Å².